The van der Waals surface area contributed by atoms with Gasteiger partial charge in [0, 0.05) is 25.2 Å². The van der Waals surface area contributed by atoms with Crippen LogP contribution < -0.4 is 5.32 Å². The van der Waals surface area contributed by atoms with Crippen molar-refractivity contribution in [3.8, 4) is 0 Å². The molecule has 0 spiro atoms. The average molecular weight is 313 g/mol. The van der Waals surface area contributed by atoms with Crippen molar-refractivity contribution >= 4 is 17.6 Å². The Labute approximate surface area is 130 Å². The number of methoxy groups -OCH3 is 1. The lowest BCUT2D eigenvalue weighted by Gasteiger charge is -2.32. The van der Waals surface area contributed by atoms with E-state index in [4.69, 9.17) is 21.1 Å². The highest BCUT2D eigenvalue weighted by molar-refractivity contribution is 6.31. The Morgan fingerprint density at radius 1 is 1.52 bits per heavy atom. The molecule has 0 aliphatic carbocycles. The third-order valence-electron chi connectivity index (χ3n) is 3.41. The zero-order valence-electron chi connectivity index (χ0n) is 12.2. The van der Waals surface area contributed by atoms with Crippen molar-refractivity contribution in [3.05, 3.63) is 34.9 Å². The quantitative estimate of drug-likeness (QED) is 0.904. The second kappa shape index (κ2) is 8.22. The van der Waals surface area contributed by atoms with Gasteiger partial charge in [-0.2, -0.15) is 0 Å². The van der Waals surface area contributed by atoms with Gasteiger partial charge in [-0.05, 0) is 18.1 Å². The number of urea groups is 1. The molecule has 0 bridgehead atoms. The van der Waals surface area contributed by atoms with Gasteiger partial charge in [0.25, 0.3) is 0 Å². The highest BCUT2D eigenvalue weighted by Crippen LogP contribution is 2.14. The average Bonchev–Trinajstić information content (AvgIpc) is 2.50. The first kappa shape index (κ1) is 16.1. The second-order valence-corrected chi connectivity index (χ2v) is 5.37. The molecule has 0 unspecified atom stereocenters. The third-order valence-corrected chi connectivity index (χ3v) is 3.78. The zero-order chi connectivity index (χ0) is 15.1. The molecule has 1 aromatic carbocycles. The maximum atomic E-state index is 12.1. The molecular formula is C15H21ClN2O3. The van der Waals surface area contributed by atoms with Gasteiger partial charge in [-0.25, -0.2) is 4.79 Å². The van der Waals surface area contributed by atoms with Crippen LogP contribution >= 0.6 is 11.6 Å². The number of hydrogen-bond donors (Lipinski definition) is 1. The van der Waals surface area contributed by atoms with Crippen molar-refractivity contribution in [2.75, 3.05) is 40.0 Å². The monoisotopic (exact) mass is 312 g/mol. The molecule has 1 aliphatic heterocycles. The lowest BCUT2D eigenvalue weighted by Crippen LogP contribution is -2.51. The van der Waals surface area contributed by atoms with Crippen molar-refractivity contribution in [1.29, 1.82) is 0 Å². The van der Waals surface area contributed by atoms with E-state index in [9.17, 15) is 4.79 Å². The van der Waals surface area contributed by atoms with E-state index in [1.807, 2.05) is 24.3 Å². The molecule has 0 radical (unpaired) electrons. The Hall–Kier alpha value is -1.30. The number of morpholine rings is 1. The fourth-order valence-electron chi connectivity index (χ4n) is 2.31. The topological polar surface area (TPSA) is 50.8 Å². The number of benzene rings is 1. The van der Waals surface area contributed by atoms with Crippen molar-refractivity contribution in [2.45, 2.75) is 12.5 Å². The maximum absolute atomic E-state index is 12.1. The molecule has 0 saturated carbocycles. The minimum absolute atomic E-state index is 0.0435. The van der Waals surface area contributed by atoms with Crippen LogP contribution in [0.1, 0.15) is 5.56 Å². The summed E-state index contributed by atoms with van der Waals surface area (Å²) in [5, 5.41) is 3.66. The van der Waals surface area contributed by atoms with Gasteiger partial charge in [0.15, 0.2) is 0 Å². The van der Waals surface area contributed by atoms with Crippen molar-refractivity contribution in [1.82, 2.24) is 10.2 Å². The summed E-state index contributed by atoms with van der Waals surface area (Å²) in [5.74, 6) is 0. The van der Waals surface area contributed by atoms with E-state index in [1.54, 1.807) is 12.0 Å². The van der Waals surface area contributed by atoms with E-state index in [-0.39, 0.29) is 12.1 Å². The van der Waals surface area contributed by atoms with Crippen LogP contribution in [0.4, 0.5) is 4.79 Å². The minimum atomic E-state index is -0.0635. The summed E-state index contributed by atoms with van der Waals surface area (Å²) in [6.07, 6.45) is 0.676. The molecule has 116 valence electrons. The van der Waals surface area contributed by atoms with E-state index in [0.29, 0.717) is 32.8 Å². The summed E-state index contributed by atoms with van der Waals surface area (Å²) < 4.78 is 10.6. The molecule has 6 heteroatoms. The molecular weight excluding hydrogens is 292 g/mol. The van der Waals surface area contributed by atoms with Crippen LogP contribution in [-0.4, -0.2) is 57.0 Å². The van der Waals surface area contributed by atoms with Crippen LogP contribution in [0.5, 0.6) is 0 Å². The lowest BCUT2D eigenvalue weighted by molar-refractivity contribution is -0.0494. The third kappa shape index (κ3) is 4.88. The fraction of sp³-hybridized carbons (Fsp3) is 0.533. The molecule has 1 fully saturated rings. The van der Waals surface area contributed by atoms with Crippen molar-refractivity contribution in [2.24, 2.45) is 0 Å². The molecule has 1 saturated heterocycles. The summed E-state index contributed by atoms with van der Waals surface area (Å²) in [5.41, 5.74) is 1.04. The highest BCUT2D eigenvalue weighted by Gasteiger charge is 2.23. The number of nitrogens with one attached hydrogen (secondary N) is 1. The summed E-state index contributed by atoms with van der Waals surface area (Å²) in [6, 6.07) is 7.61. The van der Waals surface area contributed by atoms with Crippen LogP contribution in [0.25, 0.3) is 0 Å². The molecule has 0 aromatic heterocycles. The molecule has 5 nitrogen and oxygen atoms in total. The minimum Gasteiger partial charge on any atom is -0.382 e. The number of hydrogen-bond acceptors (Lipinski definition) is 3. The van der Waals surface area contributed by atoms with E-state index >= 15 is 0 Å². The van der Waals surface area contributed by atoms with Crippen molar-refractivity contribution in [3.63, 3.8) is 0 Å². The van der Waals surface area contributed by atoms with E-state index in [1.165, 1.54) is 0 Å². The molecule has 1 atom stereocenters. The molecule has 2 rings (SSSR count). The Bertz CT molecular complexity index is 468. The fourth-order valence-corrected chi connectivity index (χ4v) is 2.54. The molecule has 1 aromatic rings. The van der Waals surface area contributed by atoms with Gasteiger partial charge in [0.2, 0.25) is 0 Å². The van der Waals surface area contributed by atoms with Crippen LogP contribution in [0.2, 0.25) is 5.02 Å². The maximum Gasteiger partial charge on any atom is 0.317 e. The molecule has 21 heavy (non-hydrogen) atoms. The first-order valence-electron chi connectivity index (χ1n) is 7.07. The van der Waals surface area contributed by atoms with Crippen LogP contribution in [0.3, 0.4) is 0 Å². The normalized spacial score (nSPS) is 18.6. The van der Waals surface area contributed by atoms with Gasteiger partial charge in [-0.1, -0.05) is 29.8 Å². The van der Waals surface area contributed by atoms with E-state index in [2.05, 4.69) is 5.32 Å². The predicted molar refractivity (Wildman–Crippen MR) is 81.7 cm³/mol. The number of rotatable bonds is 5. The number of carbonyl (C=O) groups excluding carboxylic acids is 1. The first-order chi connectivity index (χ1) is 10.2. The van der Waals surface area contributed by atoms with Gasteiger partial charge in [0.05, 0.1) is 25.9 Å². The van der Waals surface area contributed by atoms with Gasteiger partial charge in [0.1, 0.15) is 0 Å². The van der Waals surface area contributed by atoms with Gasteiger partial charge < -0.3 is 19.7 Å². The van der Waals surface area contributed by atoms with Gasteiger partial charge in [-0.15, -0.1) is 0 Å². The van der Waals surface area contributed by atoms with Crippen molar-refractivity contribution < 1.29 is 14.3 Å². The Balaban J connectivity index is 1.75. The lowest BCUT2D eigenvalue weighted by atomic mass is 10.1. The first-order valence-corrected chi connectivity index (χ1v) is 7.45. The van der Waals surface area contributed by atoms with Gasteiger partial charge >= 0.3 is 6.03 Å². The van der Waals surface area contributed by atoms with E-state index < -0.39 is 0 Å². The summed E-state index contributed by atoms with van der Waals surface area (Å²) in [6.45, 7) is 2.79. The molecule has 1 heterocycles. The number of ether oxygens (including phenoxy) is 2. The Morgan fingerprint density at radius 3 is 3.10 bits per heavy atom. The van der Waals surface area contributed by atoms with Crippen LogP contribution in [-0.2, 0) is 15.9 Å². The predicted octanol–water partition coefficient (Wildman–Crippen LogP) is 1.94. The smallest absolute Gasteiger partial charge is 0.317 e. The van der Waals surface area contributed by atoms with Crippen LogP contribution in [0.15, 0.2) is 24.3 Å². The van der Waals surface area contributed by atoms with Crippen LogP contribution in [0, 0.1) is 0 Å². The largest absolute Gasteiger partial charge is 0.382 e. The molecule has 1 aliphatic rings. The standard InChI is InChI=1S/C15H21ClN2O3/c1-20-11-13-10-18(8-9-21-13)15(19)17-7-6-12-4-2-3-5-14(12)16/h2-5,13H,6-11H2,1H3,(H,17,19)/t13-/m1/s1. The van der Waals surface area contributed by atoms with Gasteiger partial charge in [-0.3, -0.25) is 0 Å². The summed E-state index contributed by atoms with van der Waals surface area (Å²) in [7, 11) is 1.63. The highest BCUT2D eigenvalue weighted by atomic mass is 35.5. The summed E-state index contributed by atoms with van der Waals surface area (Å²) in [4.78, 5) is 13.9. The zero-order valence-corrected chi connectivity index (χ0v) is 12.9. The summed E-state index contributed by atoms with van der Waals surface area (Å²) >= 11 is 6.09. The number of nitrogens with zero attached hydrogens (tertiary/aromatic N) is 1. The Morgan fingerprint density at radius 2 is 2.33 bits per heavy atom. The molecule has 2 amide bonds. The molecule has 1 N–H and O–H groups in total. The number of carbonyl (C=O) groups is 1. The SMILES string of the molecule is COC[C@H]1CN(C(=O)NCCc2ccccc2Cl)CCO1. The Kier molecular flexibility index (Phi) is 6.29. The number of halogens is 1. The second-order valence-electron chi connectivity index (χ2n) is 4.97. The number of amides is 2. The van der Waals surface area contributed by atoms with E-state index in [0.717, 1.165) is 17.0 Å².